The number of rotatable bonds is 3. The van der Waals surface area contributed by atoms with Gasteiger partial charge in [0.2, 0.25) is 0 Å². The summed E-state index contributed by atoms with van der Waals surface area (Å²) in [4.78, 5) is 5.06. The van der Waals surface area contributed by atoms with Crippen LogP contribution in [0.3, 0.4) is 0 Å². The van der Waals surface area contributed by atoms with Gasteiger partial charge in [-0.1, -0.05) is 173 Å². The van der Waals surface area contributed by atoms with Crippen LogP contribution in [0.1, 0.15) is 49.9 Å². The maximum absolute atomic E-state index is 2.53. The standard InChI is InChI=1S/C56H41NS/c1-55(2)45-19-9-7-15-37(45)39-28-25-35(32-47(39)55)34-26-30-43-44(31-34)53(36-27-29-40-38-16-8-10-20-46(38)56(3,4)48(40)33-36)41-17-5-6-18-42(41)54(43)57-49-21-11-13-23-51(49)58-52-24-14-12-22-50(52)57/h5-33H,1-4H3. The molecule has 3 aliphatic rings. The summed E-state index contributed by atoms with van der Waals surface area (Å²) < 4.78 is 0. The average Bonchev–Trinajstić information content (AvgIpc) is 3.63. The van der Waals surface area contributed by atoms with E-state index in [4.69, 9.17) is 0 Å². The van der Waals surface area contributed by atoms with E-state index < -0.39 is 0 Å². The summed E-state index contributed by atoms with van der Waals surface area (Å²) >= 11 is 1.86. The van der Waals surface area contributed by atoms with Gasteiger partial charge in [-0.05, 0) is 120 Å². The summed E-state index contributed by atoms with van der Waals surface area (Å²) in [5, 5.41) is 5.00. The van der Waals surface area contributed by atoms with E-state index in [2.05, 4.69) is 209 Å². The van der Waals surface area contributed by atoms with E-state index in [0.717, 1.165) is 0 Å². The van der Waals surface area contributed by atoms with Gasteiger partial charge in [0.25, 0.3) is 0 Å². The van der Waals surface area contributed by atoms with E-state index in [1.54, 1.807) is 0 Å². The number of nitrogens with zero attached hydrogens (tertiary/aromatic N) is 1. The van der Waals surface area contributed by atoms with Crippen molar-refractivity contribution in [1.29, 1.82) is 0 Å². The molecule has 58 heavy (non-hydrogen) atoms. The number of anilines is 3. The number of benzene rings is 9. The smallest absolute Gasteiger partial charge is 0.0619 e. The van der Waals surface area contributed by atoms with Gasteiger partial charge in [0.15, 0.2) is 0 Å². The summed E-state index contributed by atoms with van der Waals surface area (Å²) in [7, 11) is 0. The first-order valence-electron chi connectivity index (χ1n) is 20.4. The molecule has 0 amide bonds. The Balaban J connectivity index is 1.16. The molecule has 0 N–H and O–H groups in total. The van der Waals surface area contributed by atoms with Crippen LogP contribution in [0.25, 0.3) is 66.1 Å². The van der Waals surface area contributed by atoms with Crippen molar-refractivity contribution in [3.8, 4) is 44.5 Å². The predicted octanol–water partition coefficient (Wildman–Crippen LogP) is 15.9. The monoisotopic (exact) mass is 759 g/mol. The van der Waals surface area contributed by atoms with Gasteiger partial charge >= 0.3 is 0 Å². The Morgan fingerprint density at radius 2 is 0.810 bits per heavy atom. The summed E-state index contributed by atoms with van der Waals surface area (Å²) in [6, 6.07) is 66.4. The van der Waals surface area contributed by atoms with Crippen molar-refractivity contribution in [3.63, 3.8) is 0 Å². The number of para-hydroxylation sites is 2. The fourth-order valence-corrected chi connectivity index (χ4v) is 11.6. The molecule has 0 spiro atoms. The highest BCUT2D eigenvalue weighted by atomic mass is 32.2. The van der Waals surface area contributed by atoms with Crippen molar-refractivity contribution in [2.75, 3.05) is 4.90 Å². The van der Waals surface area contributed by atoms with Gasteiger partial charge < -0.3 is 4.90 Å². The molecule has 0 bridgehead atoms. The first-order chi connectivity index (χ1) is 28.3. The Bertz CT molecular complexity index is 3170. The normalized spacial score (nSPS) is 15.1. The molecule has 1 aliphatic heterocycles. The van der Waals surface area contributed by atoms with Gasteiger partial charge in [0, 0.05) is 31.4 Å². The zero-order valence-corrected chi connectivity index (χ0v) is 33.9. The third kappa shape index (κ3) is 4.61. The van der Waals surface area contributed by atoms with Crippen molar-refractivity contribution < 1.29 is 0 Å². The SMILES string of the molecule is CC1(C)c2ccccc2-c2ccc(-c3ccc4c(N5c6ccccc6Sc6ccccc65)c5ccccc5c(-c5ccc6c(c5)C(C)(C)c5ccccc5-6)c4c3)cc21. The molecule has 0 radical (unpaired) electrons. The fraction of sp³-hybridized carbons (Fsp3) is 0.107. The predicted molar refractivity (Wildman–Crippen MR) is 246 cm³/mol. The lowest BCUT2D eigenvalue weighted by molar-refractivity contribution is 0.660. The Hall–Kier alpha value is -6.35. The molecule has 9 aromatic carbocycles. The van der Waals surface area contributed by atoms with Crippen molar-refractivity contribution in [2.24, 2.45) is 0 Å². The molecule has 2 heteroatoms. The van der Waals surface area contributed by atoms with Crippen LogP contribution in [0, 0.1) is 0 Å². The third-order valence-corrected chi connectivity index (χ3v) is 14.6. The molecule has 0 atom stereocenters. The highest BCUT2D eigenvalue weighted by Crippen LogP contribution is 2.57. The lowest BCUT2D eigenvalue weighted by atomic mass is 9.80. The first kappa shape index (κ1) is 33.8. The molecule has 12 rings (SSSR count). The van der Waals surface area contributed by atoms with E-state index in [-0.39, 0.29) is 10.8 Å². The molecule has 1 nitrogen and oxygen atoms in total. The van der Waals surface area contributed by atoms with Crippen molar-refractivity contribution in [2.45, 2.75) is 48.3 Å². The van der Waals surface area contributed by atoms with E-state index in [9.17, 15) is 0 Å². The second-order valence-corrected chi connectivity index (χ2v) is 18.3. The van der Waals surface area contributed by atoms with Crippen molar-refractivity contribution in [1.82, 2.24) is 0 Å². The van der Waals surface area contributed by atoms with Crippen LogP contribution in [0.15, 0.2) is 186 Å². The van der Waals surface area contributed by atoms with Gasteiger partial charge in [-0.3, -0.25) is 0 Å². The highest BCUT2D eigenvalue weighted by Gasteiger charge is 2.37. The molecule has 0 aromatic heterocycles. The molecule has 9 aromatic rings. The lowest BCUT2D eigenvalue weighted by Crippen LogP contribution is -2.16. The molecule has 0 fully saturated rings. The minimum Gasteiger partial charge on any atom is -0.307 e. The van der Waals surface area contributed by atoms with Crippen LogP contribution < -0.4 is 4.90 Å². The van der Waals surface area contributed by atoms with Crippen LogP contribution in [-0.2, 0) is 10.8 Å². The Labute approximate surface area is 344 Å². The highest BCUT2D eigenvalue weighted by molar-refractivity contribution is 7.99. The zero-order valence-electron chi connectivity index (χ0n) is 33.1. The van der Waals surface area contributed by atoms with Crippen LogP contribution in [-0.4, -0.2) is 0 Å². The Morgan fingerprint density at radius 3 is 1.45 bits per heavy atom. The van der Waals surface area contributed by atoms with Crippen molar-refractivity contribution in [3.05, 3.63) is 198 Å². The summed E-state index contributed by atoms with van der Waals surface area (Å²) in [6.07, 6.45) is 0. The molecular formula is C56H41NS. The van der Waals surface area contributed by atoms with E-state index in [1.807, 2.05) is 11.8 Å². The van der Waals surface area contributed by atoms with Gasteiger partial charge in [-0.25, -0.2) is 0 Å². The summed E-state index contributed by atoms with van der Waals surface area (Å²) in [5.74, 6) is 0. The van der Waals surface area contributed by atoms with E-state index >= 15 is 0 Å². The minimum atomic E-state index is -0.105. The maximum Gasteiger partial charge on any atom is 0.0619 e. The van der Waals surface area contributed by atoms with Gasteiger partial charge in [0.05, 0.1) is 17.1 Å². The third-order valence-electron chi connectivity index (χ3n) is 13.4. The van der Waals surface area contributed by atoms with Crippen LogP contribution in [0.4, 0.5) is 17.1 Å². The molecule has 276 valence electrons. The summed E-state index contributed by atoms with van der Waals surface area (Å²) in [5.41, 5.74) is 19.5. The Morgan fingerprint density at radius 1 is 0.362 bits per heavy atom. The van der Waals surface area contributed by atoms with Crippen LogP contribution in [0.5, 0.6) is 0 Å². The van der Waals surface area contributed by atoms with Gasteiger partial charge in [0.1, 0.15) is 0 Å². The lowest BCUT2D eigenvalue weighted by Gasteiger charge is -2.35. The van der Waals surface area contributed by atoms with Crippen LogP contribution >= 0.6 is 11.8 Å². The van der Waals surface area contributed by atoms with Crippen LogP contribution in [0.2, 0.25) is 0 Å². The minimum absolute atomic E-state index is 0.0742. The molecule has 1 heterocycles. The second-order valence-electron chi connectivity index (χ2n) is 17.3. The van der Waals surface area contributed by atoms with E-state index in [0.29, 0.717) is 0 Å². The quantitative estimate of drug-likeness (QED) is 0.165. The fourth-order valence-electron chi connectivity index (χ4n) is 10.6. The van der Waals surface area contributed by atoms with Gasteiger partial charge in [-0.15, -0.1) is 0 Å². The molecule has 0 saturated heterocycles. The maximum atomic E-state index is 2.53. The molecule has 0 unspecified atom stereocenters. The average molecular weight is 760 g/mol. The number of hydrogen-bond acceptors (Lipinski definition) is 2. The Kier molecular flexibility index (Phi) is 7.03. The largest absolute Gasteiger partial charge is 0.307 e. The molecule has 2 aliphatic carbocycles. The van der Waals surface area contributed by atoms with Gasteiger partial charge in [-0.2, -0.15) is 0 Å². The summed E-state index contributed by atoms with van der Waals surface area (Å²) in [6.45, 7) is 9.52. The number of fused-ring (bicyclic) bond motifs is 10. The van der Waals surface area contributed by atoms with Crippen molar-refractivity contribution >= 4 is 50.4 Å². The molecule has 0 saturated carbocycles. The topological polar surface area (TPSA) is 3.24 Å². The second kappa shape index (κ2) is 12.1. The first-order valence-corrected chi connectivity index (χ1v) is 21.2. The van der Waals surface area contributed by atoms with E-state index in [1.165, 1.54) is 115 Å². The molecular weight excluding hydrogens is 719 g/mol. The number of hydrogen-bond donors (Lipinski definition) is 0. The zero-order chi connectivity index (χ0) is 38.9.